The number of piperidine rings is 1. The summed E-state index contributed by atoms with van der Waals surface area (Å²) in [5.74, 6) is -0.263. The molecule has 0 radical (unpaired) electrons. The van der Waals surface area contributed by atoms with Crippen LogP contribution in [0.3, 0.4) is 0 Å². The number of aromatic nitrogens is 1. The number of nitrogens with one attached hydrogen (secondary N) is 1. The van der Waals surface area contributed by atoms with E-state index in [2.05, 4.69) is 28.5 Å². The van der Waals surface area contributed by atoms with Gasteiger partial charge in [0.05, 0.1) is 16.1 Å². The van der Waals surface area contributed by atoms with Crippen molar-refractivity contribution in [3.8, 4) is 0 Å². The van der Waals surface area contributed by atoms with E-state index in [1.54, 1.807) is 23.9 Å². The molecular weight excluding hydrogens is 360 g/mol. The number of thiazole rings is 1. The summed E-state index contributed by atoms with van der Waals surface area (Å²) in [7, 11) is 3.47. The Morgan fingerprint density at radius 1 is 1.22 bits per heavy atom. The lowest BCUT2D eigenvalue weighted by Crippen LogP contribution is -2.47. The van der Waals surface area contributed by atoms with Crippen molar-refractivity contribution in [2.24, 2.45) is 5.92 Å². The molecule has 140 valence electrons. The third-order valence-corrected chi connectivity index (χ3v) is 5.90. The first-order valence-corrected chi connectivity index (χ1v) is 9.90. The van der Waals surface area contributed by atoms with Crippen molar-refractivity contribution < 1.29 is 9.59 Å². The van der Waals surface area contributed by atoms with Crippen LogP contribution in [0.5, 0.6) is 0 Å². The van der Waals surface area contributed by atoms with Gasteiger partial charge in [0.1, 0.15) is 0 Å². The summed E-state index contributed by atoms with van der Waals surface area (Å²) in [5, 5.41) is 5.81. The van der Waals surface area contributed by atoms with E-state index in [-0.39, 0.29) is 17.9 Å². The number of nitrogens with zero attached hydrogens (tertiary/aromatic N) is 3. The van der Waals surface area contributed by atoms with E-state index in [0.717, 1.165) is 33.8 Å². The molecule has 1 saturated heterocycles. The first-order chi connectivity index (χ1) is 13.0. The van der Waals surface area contributed by atoms with Gasteiger partial charge in [-0.3, -0.25) is 4.79 Å². The molecular formula is C20H22N4O2S. The van der Waals surface area contributed by atoms with Crippen molar-refractivity contribution in [2.45, 2.75) is 12.8 Å². The third kappa shape index (κ3) is 3.47. The van der Waals surface area contributed by atoms with Crippen LogP contribution in [-0.4, -0.2) is 53.9 Å². The van der Waals surface area contributed by atoms with Gasteiger partial charge >= 0.3 is 6.03 Å². The summed E-state index contributed by atoms with van der Waals surface area (Å²) < 4.78 is 1.05. The summed E-state index contributed by atoms with van der Waals surface area (Å²) in [6.45, 7) is 1.16. The molecule has 2 aromatic carbocycles. The summed E-state index contributed by atoms with van der Waals surface area (Å²) in [6, 6.07) is 12.2. The Bertz CT molecular complexity index is 1010. The molecule has 1 fully saturated rings. The number of hydrogen-bond acceptors (Lipinski definition) is 4. The molecule has 6 nitrogen and oxygen atoms in total. The van der Waals surface area contributed by atoms with E-state index >= 15 is 0 Å². The van der Waals surface area contributed by atoms with Crippen LogP contribution in [0, 0.1) is 5.92 Å². The van der Waals surface area contributed by atoms with Crippen molar-refractivity contribution >= 4 is 49.4 Å². The van der Waals surface area contributed by atoms with Gasteiger partial charge in [0, 0.05) is 32.6 Å². The Morgan fingerprint density at radius 3 is 2.85 bits per heavy atom. The molecule has 27 heavy (non-hydrogen) atoms. The van der Waals surface area contributed by atoms with Crippen LogP contribution in [0.2, 0.25) is 0 Å². The van der Waals surface area contributed by atoms with Gasteiger partial charge in [-0.1, -0.05) is 41.7 Å². The minimum absolute atomic E-state index is 0.0426. The summed E-state index contributed by atoms with van der Waals surface area (Å²) in [4.78, 5) is 32.9. The minimum atomic E-state index is -0.202. The molecule has 1 atom stereocenters. The quantitative estimate of drug-likeness (QED) is 0.733. The van der Waals surface area contributed by atoms with Crippen molar-refractivity contribution in [3.05, 3.63) is 36.4 Å². The Balaban J connectivity index is 1.52. The Hall–Kier alpha value is -2.67. The van der Waals surface area contributed by atoms with Crippen LogP contribution in [-0.2, 0) is 4.79 Å². The number of likely N-dealkylation sites (tertiary alicyclic amines) is 1. The maximum Gasteiger partial charge on any atom is 0.319 e. The maximum absolute atomic E-state index is 12.7. The number of carbonyl (C=O) groups excluding carboxylic acids is 2. The number of hydrogen-bond donors (Lipinski definition) is 1. The number of anilines is 1. The van der Waals surface area contributed by atoms with Gasteiger partial charge in [0.15, 0.2) is 5.13 Å². The van der Waals surface area contributed by atoms with Crippen molar-refractivity contribution in [3.63, 3.8) is 0 Å². The van der Waals surface area contributed by atoms with Gasteiger partial charge in [-0.2, -0.15) is 0 Å². The molecule has 1 aliphatic heterocycles. The van der Waals surface area contributed by atoms with E-state index in [4.69, 9.17) is 0 Å². The molecule has 3 amide bonds. The Morgan fingerprint density at radius 2 is 2.04 bits per heavy atom. The average Bonchev–Trinajstić information content (AvgIpc) is 3.10. The molecule has 0 bridgehead atoms. The van der Waals surface area contributed by atoms with E-state index in [9.17, 15) is 9.59 Å². The molecule has 3 aromatic rings. The van der Waals surface area contributed by atoms with Crippen molar-refractivity contribution in [1.29, 1.82) is 0 Å². The Labute approximate surface area is 161 Å². The van der Waals surface area contributed by atoms with Crippen LogP contribution in [0.4, 0.5) is 9.93 Å². The normalized spacial score (nSPS) is 17.3. The van der Waals surface area contributed by atoms with Gasteiger partial charge in [-0.15, -0.1) is 0 Å². The molecule has 1 N–H and O–H groups in total. The SMILES string of the molecule is CN(C)C(=O)N1CCC[C@@H](C(=O)Nc2nc3c(ccc4ccccc43)s2)C1. The highest BCUT2D eigenvalue weighted by Gasteiger charge is 2.29. The molecule has 0 unspecified atom stereocenters. The fourth-order valence-electron chi connectivity index (χ4n) is 3.57. The van der Waals surface area contributed by atoms with Crippen LogP contribution >= 0.6 is 11.3 Å². The second-order valence-corrected chi connectivity index (χ2v) is 8.13. The van der Waals surface area contributed by atoms with Gasteiger partial charge in [0.25, 0.3) is 0 Å². The summed E-state index contributed by atoms with van der Waals surface area (Å²) in [5.41, 5.74) is 0.918. The topological polar surface area (TPSA) is 65.5 Å². The van der Waals surface area contributed by atoms with Gasteiger partial charge in [-0.25, -0.2) is 9.78 Å². The molecule has 0 saturated carbocycles. The highest BCUT2D eigenvalue weighted by atomic mass is 32.1. The second kappa shape index (κ2) is 7.15. The van der Waals surface area contributed by atoms with Crippen LogP contribution in [0.1, 0.15) is 12.8 Å². The zero-order chi connectivity index (χ0) is 19.0. The second-order valence-electron chi connectivity index (χ2n) is 7.10. The number of fused-ring (bicyclic) bond motifs is 3. The fourth-order valence-corrected chi connectivity index (χ4v) is 4.46. The highest BCUT2D eigenvalue weighted by Crippen LogP contribution is 2.32. The number of urea groups is 1. The first-order valence-electron chi connectivity index (χ1n) is 9.08. The number of amides is 3. The van der Waals surface area contributed by atoms with Gasteiger partial charge in [-0.05, 0) is 24.3 Å². The minimum Gasteiger partial charge on any atom is -0.331 e. The van der Waals surface area contributed by atoms with Gasteiger partial charge in [0.2, 0.25) is 5.91 Å². The van der Waals surface area contributed by atoms with E-state index in [1.165, 1.54) is 11.3 Å². The zero-order valence-electron chi connectivity index (χ0n) is 15.4. The predicted molar refractivity (Wildman–Crippen MR) is 109 cm³/mol. The molecule has 7 heteroatoms. The monoisotopic (exact) mass is 382 g/mol. The molecule has 1 aromatic heterocycles. The molecule has 0 spiro atoms. The predicted octanol–water partition coefficient (Wildman–Crippen LogP) is 3.78. The third-order valence-electron chi connectivity index (χ3n) is 4.96. The number of rotatable bonds is 2. The lowest BCUT2D eigenvalue weighted by atomic mass is 9.97. The smallest absolute Gasteiger partial charge is 0.319 e. The van der Waals surface area contributed by atoms with Crippen LogP contribution in [0.25, 0.3) is 21.0 Å². The molecule has 2 heterocycles. The van der Waals surface area contributed by atoms with E-state index in [0.29, 0.717) is 18.2 Å². The molecule has 1 aliphatic rings. The van der Waals surface area contributed by atoms with Gasteiger partial charge < -0.3 is 15.1 Å². The van der Waals surface area contributed by atoms with Crippen molar-refractivity contribution in [2.75, 3.05) is 32.5 Å². The van der Waals surface area contributed by atoms with E-state index < -0.39 is 0 Å². The Kier molecular flexibility index (Phi) is 4.70. The van der Waals surface area contributed by atoms with Crippen LogP contribution < -0.4 is 5.32 Å². The molecule has 4 rings (SSSR count). The maximum atomic E-state index is 12.7. The summed E-state index contributed by atoms with van der Waals surface area (Å²) in [6.07, 6.45) is 1.62. The number of carbonyl (C=O) groups is 2. The molecule has 0 aliphatic carbocycles. The average molecular weight is 382 g/mol. The van der Waals surface area contributed by atoms with Crippen molar-refractivity contribution in [1.82, 2.24) is 14.8 Å². The standard InChI is InChI=1S/C20H22N4O2S/c1-23(2)20(26)24-11-5-7-14(12-24)18(25)22-19-21-17-15-8-4-3-6-13(15)9-10-16(17)27-19/h3-4,6,8-10,14H,5,7,11-12H2,1-2H3,(H,21,22,25)/t14-/m1/s1. The highest BCUT2D eigenvalue weighted by molar-refractivity contribution is 7.22. The number of benzene rings is 2. The fraction of sp³-hybridized carbons (Fsp3) is 0.350. The van der Waals surface area contributed by atoms with E-state index in [1.807, 2.05) is 18.2 Å². The summed E-state index contributed by atoms with van der Waals surface area (Å²) >= 11 is 1.48. The van der Waals surface area contributed by atoms with Crippen LogP contribution in [0.15, 0.2) is 36.4 Å². The zero-order valence-corrected chi connectivity index (χ0v) is 16.3. The lowest BCUT2D eigenvalue weighted by Gasteiger charge is -2.33. The first kappa shape index (κ1) is 17.7. The lowest BCUT2D eigenvalue weighted by molar-refractivity contribution is -0.121. The largest absolute Gasteiger partial charge is 0.331 e.